The van der Waals surface area contributed by atoms with Gasteiger partial charge in [0.05, 0.1) is 0 Å². The molecule has 1 atom stereocenters. The van der Waals surface area contributed by atoms with Crippen LogP contribution in [-0.4, -0.2) is 55.7 Å². The number of carbonyl (C=O) groups excluding carboxylic acids is 1. The number of carbonyl (C=O) groups is 1. The van der Waals surface area contributed by atoms with Crippen LogP contribution in [0, 0.1) is 5.92 Å². The van der Waals surface area contributed by atoms with Crippen LogP contribution < -0.4 is 5.73 Å². The molecule has 0 bridgehead atoms. The molecule has 1 aliphatic rings. The summed E-state index contributed by atoms with van der Waals surface area (Å²) in [5.74, 6) is 0.519. The van der Waals surface area contributed by atoms with Crippen LogP contribution in [0.25, 0.3) is 0 Å². The van der Waals surface area contributed by atoms with E-state index in [0.717, 1.165) is 38.2 Å². The Morgan fingerprint density at radius 2 is 2.19 bits per heavy atom. The Hall–Kier alpha value is -1.59. The maximum Gasteiger partial charge on any atom is 0.410 e. The molecule has 1 amide bonds. The van der Waals surface area contributed by atoms with Gasteiger partial charge in [0.15, 0.2) is 0 Å². The van der Waals surface area contributed by atoms with Crippen molar-refractivity contribution in [3.8, 4) is 0 Å². The number of benzene rings is 1. The topological polar surface area (TPSA) is 58.8 Å². The summed E-state index contributed by atoms with van der Waals surface area (Å²) >= 11 is 0. The summed E-state index contributed by atoms with van der Waals surface area (Å²) in [5, 5.41) is 0. The summed E-state index contributed by atoms with van der Waals surface area (Å²) in [6, 6.07) is 9.77. The van der Waals surface area contributed by atoms with Gasteiger partial charge in [0.2, 0.25) is 0 Å². The fraction of sp³-hybridized carbons (Fsp3) is 0.562. The van der Waals surface area contributed by atoms with E-state index in [1.807, 2.05) is 35.2 Å². The number of nitrogens with two attached hydrogens (primary N) is 1. The normalized spacial score (nSPS) is 18.2. The Labute approximate surface area is 126 Å². The van der Waals surface area contributed by atoms with Crippen molar-refractivity contribution in [2.45, 2.75) is 13.0 Å². The average molecular weight is 291 g/mol. The van der Waals surface area contributed by atoms with E-state index in [9.17, 15) is 4.79 Å². The highest BCUT2D eigenvalue weighted by atomic mass is 16.6. The number of hydrogen-bond donors (Lipinski definition) is 1. The van der Waals surface area contributed by atoms with Crippen molar-refractivity contribution in [2.75, 3.05) is 39.8 Å². The molecule has 1 aliphatic heterocycles. The third kappa shape index (κ3) is 5.02. The number of amides is 1. The maximum absolute atomic E-state index is 12.0. The van der Waals surface area contributed by atoms with Crippen molar-refractivity contribution in [1.29, 1.82) is 0 Å². The molecule has 5 nitrogen and oxygen atoms in total. The van der Waals surface area contributed by atoms with Crippen LogP contribution in [0.3, 0.4) is 0 Å². The lowest BCUT2D eigenvalue weighted by Gasteiger charge is -2.20. The van der Waals surface area contributed by atoms with Crippen LogP contribution in [0.2, 0.25) is 0 Å². The molecule has 0 radical (unpaired) electrons. The Morgan fingerprint density at radius 1 is 1.43 bits per heavy atom. The highest BCUT2D eigenvalue weighted by molar-refractivity contribution is 5.68. The minimum absolute atomic E-state index is 0.206. The first-order valence-electron chi connectivity index (χ1n) is 7.53. The fourth-order valence-electron chi connectivity index (χ4n) is 2.71. The van der Waals surface area contributed by atoms with Crippen LogP contribution in [0.4, 0.5) is 4.79 Å². The zero-order chi connectivity index (χ0) is 15.1. The summed E-state index contributed by atoms with van der Waals surface area (Å²) in [6.45, 7) is 4.46. The summed E-state index contributed by atoms with van der Waals surface area (Å²) in [5.41, 5.74) is 6.57. The van der Waals surface area contributed by atoms with Crippen LogP contribution >= 0.6 is 0 Å². The monoisotopic (exact) mass is 291 g/mol. The molecule has 1 unspecified atom stereocenters. The first-order valence-corrected chi connectivity index (χ1v) is 7.53. The predicted molar refractivity (Wildman–Crippen MR) is 82.9 cm³/mol. The Balaban J connectivity index is 1.72. The van der Waals surface area contributed by atoms with Gasteiger partial charge in [-0.15, -0.1) is 0 Å². The summed E-state index contributed by atoms with van der Waals surface area (Å²) in [6.07, 6.45) is 0.831. The average Bonchev–Trinajstić information content (AvgIpc) is 2.94. The van der Waals surface area contributed by atoms with Crippen LogP contribution in [-0.2, 0) is 11.3 Å². The van der Waals surface area contributed by atoms with Crippen LogP contribution in [0.15, 0.2) is 30.3 Å². The second-order valence-electron chi connectivity index (χ2n) is 5.69. The van der Waals surface area contributed by atoms with E-state index in [2.05, 4.69) is 11.9 Å². The smallest absolute Gasteiger partial charge is 0.410 e. The minimum atomic E-state index is -0.206. The molecule has 0 aliphatic carbocycles. The minimum Gasteiger partial charge on any atom is -0.445 e. The molecule has 21 heavy (non-hydrogen) atoms. The van der Waals surface area contributed by atoms with Gasteiger partial charge in [0.1, 0.15) is 6.61 Å². The first-order chi connectivity index (χ1) is 10.2. The van der Waals surface area contributed by atoms with Gasteiger partial charge in [-0.25, -0.2) is 4.79 Å². The predicted octanol–water partition coefficient (Wildman–Crippen LogP) is 1.54. The van der Waals surface area contributed by atoms with Gasteiger partial charge in [0, 0.05) is 32.7 Å². The maximum atomic E-state index is 12.0. The third-order valence-corrected chi connectivity index (χ3v) is 3.83. The molecular formula is C16H25N3O2. The first kappa shape index (κ1) is 15.8. The lowest BCUT2D eigenvalue weighted by molar-refractivity contribution is 0.102. The summed E-state index contributed by atoms with van der Waals surface area (Å²) < 4.78 is 5.37. The van der Waals surface area contributed by atoms with Crippen molar-refractivity contribution in [1.82, 2.24) is 9.80 Å². The van der Waals surface area contributed by atoms with E-state index in [-0.39, 0.29) is 6.09 Å². The number of likely N-dealkylation sites (tertiary alicyclic amines) is 1. The second-order valence-corrected chi connectivity index (χ2v) is 5.69. The van der Waals surface area contributed by atoms with Gasteiger partial charge in [0.25, 0.3) is 0 Å². The standard InChI is InChI=1S/C16H25N3O2/c1-18(10-8-17)11-15-7-9-19(12-15)16(20)21-13-14-5-3-2-4-6-14/h2-6,15H,7-13,17H2,1H3. The number of rotatable bonds is 6. The Kier molecular flexibility index (Phi) is 6.02. The van der Waals surface area contributed by atoms with E-state index < -0.39 is 0 Å². The Morgan fingerprint density at radius 3 is 2.90 bits per heavy atom. The molecule has 1 fully saturated rings. The van der Waals surface area contributed by atoms with Crippen molar-refractivity contribution < 1.29 is 9.53 Å². The van der Waals surface area contributed by atoms with E-state index in [0.29, 0.717) is 19.1 Å². The molecule has 1 saturated heterocycles. The lowest BCUT2D eigenvalue weighted by Crippen LogP contribution is -2.33. The summed E-state index contributed by atoms with van der Waals surface area (Å²) in [4.78, 5) is 16.1. The Bertz CT molecular complexity index is 438. The molecule has 2 N–H and O–H groups in total. The molecule has 116 valence electrons. The molecule has 5 heteroatoms. The molecule has 0 aromatic heterocycles. The van der Waals surface area contributed by atoms with Crippen molar-refractivity contribution in [2.24, 2.45) is 11.7 Å². The van der Waals surface area contributed by atoms with E-state index in [1.54, 1.807) is 0 Å². The highest BCUT2D eigenvalue weighted by Crippen LogP contribution is 2.18. The van der Waals surface area contributed by atoms with E-state index >= 15 is 0 Å². The van der Waals surface area contributed by atoms with Gasteiger partial charge in [-0.1, -0.05) is 30.3 Å². The van der Waals surface area contributed by atoms with Crippen molar-refractivity contribution in [3.63, 3.8) is 0 Å². The number of hydrogen-bond acceptors (Lipinski definition) is 4. The molecule has 0 saturated carbocycles. The van der Waals surface area contributed by atoms with Gasteiger partial charge in [-0.05, 0) is 24.9 Å². The summed E-state index contributed by atoms with van der Waals surface area (Å²) in [7, 11) is 2.07. The van der Waals surface area contributed by atoms with E-state index in [1.165, 1.54) is 0 Å². The molecular weight excluding hydrogens is 266 g/mol. The van der Waals surface area contributed by atoms with Crippen LogP contribution in [0.5, 0.6) is 0 Å². The van der Waals surface area contributed by atoms with Gasteiger partial charge >= 0.3 is 6.09 Å². The van der Waals surface area contributed by atoms with Crippen molar-refractivity contribution in [3.05, 3.63) is 35.9 Å². The zero-order valence-corrected chi connectivity index (χ0v) is 12.7. The molecule has 2 rings (SSSR count). The molecule has 1 aromatic carbocycles. The molecule has 1 aromatic rings. The fourth-order valence-corrected chi connectivity index (χ4v) is 2.71. The molecule has 1 heterocycles. The van der Waals surface area contributed by atoms with Crippen molar-refractivity contribution >= 4 is 6.09 Å². The van der Waals surface area contributed by atoms with Crippen LogP contribution in [0.1, 0.15) is 12.0 Å². The number of nitrogens with zero attached hydrogens (tertiary/aromatic N) is 2. The quantitative estimate of drug-likeness (QED) is 0.863. The largest absolute Gasteiger partial charge is 0.445 e. The zero-order valence-electron chi connectivity index (χ0n) is 12.7. The highest BCUT2D eigenvalue weighted by Gasteiger charge is 2.27. The second kappa shape index (κ2) is 8.00. The van der Waals surface area contributed by atoms with Gasteiger partial charge in [-0.3, -0.25) is 0 Å². The number of likely N-dealkylation sites (N-methyl/N-ethyl adjacent to an activating group) is 1. The van der Waals surface area contributed by atoms with Gasteiger partial charge in [-0.2, -0.15) is 0 Å². The number of ether oxygens (including phenoxy) is 1. The SMILES string of the molecule is CN(CCN)CC1CCN(C(=O)OCc2ccccc2)C1. The van der Waals surface area contributed by atoms with E-state index in [4.69, 9.17) is 10.5 Å². The van der Waals surface area contributed by atoms with Gasteiger partial charge < -0.3 is 20.3 Å². The third-order valence-electron chi connectivity index (χ3n) is 3.83. The molecule has 0 spiro atoms. The lowest BCUT2D eigenvalue weighted by atomic mass is 10.1.